The molecule has 0 saturated carbocycles. The summed E-state index contributed by atoms with van der Waals surface area (Å²) in [6.07, 6.45) is 3.72. The molecule has 4 atom stereocenters. The first-order valence-electron chi connectivity index (χ1n) is 13.5. The lowest BCUT2D eigenvalue weighted by Crippen LogP contribution is -2.44. The van der Waals surface area contributed by atoms with E-state index in [9.17, 15) is 14.7 Å². The number of esters is 2. The summed E-state index contributed by atoms with van der Waals surface area (Å²) in [6, 6.07) is 0. The van der Waals surface area contributed by atoms with Crippen LogP contribution < -0.4 is 0 Å². The van der Waals surface area contributed by atoms with Crippen molar-refractivity contribution < 1.29 is 47.9 Å². The fourth-order valence-electron chi connectivity index (χ4n) is 3.20. The molecule has 0 saturated heterocycles. The lowest BCUT2D eigenvalue weighted by molar-refractivity contribution is -0.152. The number of hydrogen-bond acceptors (Lipinski definition) is 10. The Bertz CT molecular complexity index is 725. The Kier molecular flexibility index (Phi) is 18.4. The van der Waals surface area contributed by atoms with Gasteiger partial charge in [-0.05, 0) is 53.9 Å². The van der Waals surface area contributed by atoms with Crippen LogP contribution in [-0.4, -0.2) is 100 Å². The van der Waals surface area contributed by atoms with Crippen molar-refractivity contribution in [3.05, 3.63) is 25.3 Å². The second-order valence-electron chi connectivity index (χ2n) is 10.8. The first kappa shape index (κ1) is 37.2. The summed E-state index contributed by atoms with van der Waals surface area (Å²) < 4.78 is 39.5. The molecule has 228 valence electrons. The molecular weight excluding hydrogens is 508 g/mol. The van der Waals surface area contributed by atoms with E-state index in [-0.39, 0.29) is 51.8 Å². The van der Waals surface area contributed by atoms with Crippen LogP contribution in [0.25, 0.3) is 0 Å². The third kappa shape index (κ3) is 16.8. The predicted molar refractivity (Wildman–Crippen MR) is 148 cm³/mol. The summed E-state index contributed by atoms with van der Waals surface area (Å²) >= 11 is 0. The van der Waals surface area contributed by atoms with Gasteiger partial charge in [-0.2, -0.15) is 0 Å². The molecule has 10 nitrogen and oxygen atoms in total. The van der Waals surface area contributed by atoms with Gasteiger partial charge < -0.3 is 38.3 Å². The number of carbonyl (C=O) groups is 2. The Morgan fingerprint density at radius 1 is 0.872 bits per heavy atom. The van der Waals surface area contributed by atoms with Crippen LogP contribution in [0.15, 0.2) is 25.3 Å². The van der Waals surface area contributed by atoms with Crippen molar-refractivity contribution in [1.82, 2.24) is 0 Å². The van der Waals surface area contributed by atoms with E-state index in [2.05, 4.69) is 13.2 Å². The molecule has 0 aromatic rings. The highest BCUT2D eigenvalue weighted by atomic mass is 16.6. The second-order valence-corrected chi connectivity index (χ2v) is 10.8. The fourth-order valence-corrected chi connectivity index (χ4v) is 3.20. The molecular formula is C29H52O10. The maximum Gasteiger partial charge on any atom is 0.330 e. The molecule has 0 aromatic heterocycles. The SMILES string of the molecule is C=CC(=O)OCC(C)OCCC(C)(C)OCC(CO)(COC)COC(C)CCOC(C)(CC)COC(=O)C=C. The molecule has 0 bridgehead atoms. The molecule has 4 unspecified atom stereocenters. The molecule has 39 heavy (non-hydrogen) atoms. The van der Waals surface area contributed by atoms with Gasteiger partial charge in [-0.3, -0.25) is 0 Å². The van der Waals surface area contributed by atoms with Crippen LogP contribution in [0.3, 0.4) is 0 Å². The number of rotatable bonds is 24. The van der Waals surface area contributed by atoms with Crippen LogP contribution >= 0.6 is 0 Å². The molecule has 0 aliphatic carbocycles. The van der Waals surface area contributed by atoms with E-state index in [0.717, 1.165) is 12.2 Å². The molecule has 0 aliphatic rings. The Morgan fingerprint density at radius 2 is 1.51 bits per heavy atom. The van der Waals surface area contributed by atoms with E-state index in [1.54, 1.807) is 7.11 Å². The molecule has 0 radical (unpaired) electrons. The summed E-state index contributed by atoms with van der Waals surface area (Å²) in [5.74, 6) is -0.963. The van der Waals surface area contributed by atoms with Gasteiger partial charge in [-0.25, -0.2) is 9.59 Å². The molecule has 0 rings (SSSR count). The second kappa shape index (κ2) is 19.3. The van der Waals surface area contributed by atoms with Gasteiger partial charge in [0.05, 0.1) is 55.3 Å². The minimum Gasteiger partial charge on any atom is -0.460 e. The van der Waals surface area contributed by atoms with Gasteiger partial charge in [0.25, 0.3) is 0 Å². The largest absolute Gasteiger partial charge is 0.460 e. The fraction of sp³-hybridized carbons (Fsp3) is 0.793. The van der Waals surface area contributed by atoms with E-state index in [0.29, 0.717) is 32.5 Å². The monoisotopic (exact) mass is 560 g/mol. The van der Waals surface area contributed by atoms with Crippen LogP contribution in [0.2, 0.25) is 0 Å². The summed E-state index contributed by atoms with van der Waals surface area (Å²) in [7, 11) is 1.58. The Morgan fingerprint density at radius 3 is 2.08 bits per heavy atom. The van der Waals surface area contributed by atoms with E-state index in [1.165, 1.54) is 0 Å². The number of aliphatic hydroxyl groups excluding tert-OH is 1. The minimum absolute atomic E-state index is 0.144. The Balaban J connectivity index is 4.71. The van der Waals surface area contributed by atoms with Crippen LogP contribution in [0.5, 0.6) is 0 Å². The molecule has 0 spiro atoms. The maximum absolute atomic E-state index is 11.4. The first-order chi connectivity index (χ1) is 18.3. The average Bonchev–Trinajstić information content (AvgIpc) is 2.91. The van der Waals surface area contributed by atoms with Crippen LogP contribution in [0.1, 0.15) is 60.8 Å². The van der Waals surface area contributed by atoms with Crippen molar-refractivity contribution >= 4 is 11.9 Å². The van der Waals surface area contributed by atoms with Crippen LogP contribution in [0.4, 0.5) is 0 Å². The van der Waals surface area contributed by atoms with Crippen molar-refractivity contribution in [3.8, 4) is 0 Å². The standard InChI is InChI=1S/C29H52O10/c1-10-25(31)35-17-24(5)34-16-14-27(6,7)39-22-29(18-30,20-33-9)21-36-23(4)13-15-38-28(8,12-3)19-37-26(32)11-2/h10-11,23-24,30H,1-2,12-22H2,3-9H3. The third-order valence-corrected chi connectivity index (χ3v) is 6.37. The van der Waals surface area contributed by atoms with Crippen molar-refractivity contribution in [2.24, 2.45) is 5.41 Å². The van der Waals surface area contributed by atoms with Gasteiger partial charge in [0.15, 0.2) is 0 Å². The summed E-state index contributed by atoms with van der Waals surface area (Å²) in [5, 5.41) is 10.2. The van der Waals surface area contributed by atoms with Gasteiger partial charge in [0.1, 0.15) is 13.2 Å². The molecule has 0 aliphatic heterocycles. The lowest BCUT2D eigenvalue weighted by Gasteiger charge is -2.36. The minimum atomic E-state index is -0.745. The highest BCUT2D eigenvalue weighted by Crippen LogP contribution is 2.25. The number of methoxy groups -OCH3 is 1. The predicted octanol–water partition coefficient (Wildman–Crippen LogP) is 3.64. The molecule has 1 N–H and O–H groups in total. The molecule has 0 fully saturated rings. The van der Waals surface area contributed by atoms with E-state index < -0.39 is 28.6 Å². The van der Waals surface area contributed by atoms with Gasteiger partial charge in [-0.15, -0.1) is 0 Å². The van der Waals surface area contributed by atoms with E-state index in [1.807, 2.05) is 41.5 Å². The molecule has 10 heteroatoms. The number of ether oxygens (including phenoxy) is 7. The summed E-state index contributed by atoms with van der Waals surface area (Å²) in [5.41, 5.74) is -1.88. The molecule has 0 aromatic carbocycles. The van der Waals surface area contributed by atoms with Gasteiger partial charge in [0.2, 0.25) is 0 Å². The zero-order chi connectivity index (χ0) is 30.0. The van der Waals surface area contributed by atoms with Crippen molar-refractivity contribution in [2.75, 3.05) is 60.0 Å². The lowest BCUT2D eigenvalue weighted by atomic mass is 9.91. The van der Waals surface area contributed by atoms with Crippen LogP contribution in [0, 0.1) is 5.41 Å². The zero-order valence-electron chi connectivity index (χ0n) is 25.1. The van der Waals surface area contributed by atoms with Gasteiger partial charge >= 0.3 is 11.9 Å². The summed E-state index contributed by atoms with van der Waals surface area (Å²) in [4.78, 5) is 22.6. The van der Waals surface area contributed by atoms with Crippen LogP contribution in [-0.2, 0) is 42.7 Å². The topological polar surface area (TPSA) is 119 Å². The number of carbonyl (C=O) groups excluding carboxylic acids is 2. The third-order valence-electron chi connectivity index (χ3n) is 6.37. The average molecular weight is 561 g/mol. The van der Waals surface area contributed by atoms with E-state index >= 15 is 0 Å². The van der Waals surface area contributed by atoms with Crippen molar-refractivity contribution in [3.63, 3.8) is 0 Å². The van der Waals surface area contributed by atoms with Gasteiger partial charge in [-0.1, -0.05) is 20.1 Å². The quantitative estimate of drug-likeness (QED) is 0.138. The summed E-state index contributed by atoms with van der Waals surface area (Å²) in [6.45, 7) is 20.0. The number of hydrogen-bond donors (Lipinski definition) is 1. The highest BCUT2D eigenvalue weighted by molar-refractivity contribution is 5.81. The normalized spacial score (nSPS) is 16.4. The van der Waals surface area contributed by atoms with Crippen molar-refractivity contribution in [1.29, 1.82) is 0 Å². The highest BCUT2D eigenvalue weighted by Gasteiger charge is 2.34. The van der Waals surface area contributed by atoms with Gasteiger partial charge in [0, 0.05) is 32.5 Å². The molecule has 0 amide bonds. The zero-order valence-corrected chi connectivity index (χ0v) is 25.1. The Hall–Kier alpha value is -1.82. The maximum atomic E-state index is 11.4. The smallest absolute Gasteiger partial charge is 0.330 e. The number of aliphatic hydroxyl groups is 1. The van der Waals surface area contributed by atoms with Crippen molar-refractivity contribution in [2.45, 2.75) is 84.2 Å². The van der Waals surface area contributed by atoms with E-state index in [4.69, 9.17) is 33.2 Å². The Labute approximate surface area is 234 Å². The molecule has 0 heterocycles. The first-order valence-corrected chi connectivity index (χ1v) is 13.5.